The molecular weight excluding hydrogens is 226 g/mol. The van der Waals surface area contributed by atoms with Gasteiger partial charge in [-0.1, -0.05) is 0 Å². The van der Waals surface area contributed by atoms with Gasteiger partial charge in [0.15, 0.2) is 0 Å². The highest BCUT2D eigenvalue weighted by molar-refractivity contribution is 5.79. The van der Waals surface area contributed by atoms with E-state index in [4.69, 9.17) is 0 Å². The van der Waals surface area contributed by atoms with Crippen molar-refractivity contribution in [1.82, 2.24) is 15.5 Å². The minimum Gasteiger partial charge on any atom is -0.355 e. The van der Waals surface area contributed by atoms with Gasteiger partial charge in [0, 0.05) is 31.5 Å². The van der Waals surface area contributed by atoms with Crippen molar-refractivity contribution in [1.29, 1.82) is 0 Å². The molecule has 0 aromatic rings. The average molecular weight is 251 g/mol. The van der Waals surface area contributed by atoms with Crippen LogP contribution in [0.4, 0.5) is 0 Å². The Labute approximate surface area is 109 Å². The first-order chi connectivity index (χ1) is 8.76. The molecule has 18 heavy (non-hydrogen) atoms. The number of amides is 1. The Morgan fingerprint density at radius 1 is 1.33 bits per heavy atom. The molecule has 3 fully saturated rings. The molecule has 1 atom stereocenters. The van der Waals surface area contributed by atoms with Crippen LogP contribution in [-0.2, 0) is 4.79 Å². The van der Waals surface area contributed by atoms with Crippen LogP contribution in [0.2, 0.25) is 0 Å². The van der Waals surface area contributed by atoms with Crippen molar-refractivity contribution >= 4 is 5.91 Å². The third kappa shape index (κ3) is 2.69. The normalized spacial score (nSPS) is 35.0. The lowest BCUT2D eigenvalue weighted by molar-refractivity contribution is -0.119. The largest absolute Gasteiger partial charge is 0.355 e. The van der Waals surface area contributed by atoms with Crippen LogP contribution in [0.3, 0.4) is 0 Å². The van der Waals surface area contributed by atoms with E-state index >= 15 is 0 Å². The van der Waals surface area contributed by atoms with Gasteiger partial charge in [-0.2, -0.15) is 0 Å². The topological polar surface area (TPSA) is 44.4 Å². The molecule has 1 amide bonds. The fourth-order valence-electron chi connectivity index (χ4n) is 3.94. The molecule has 1 spiro atoms. The monoisotopic (exact) mass is 251 g/mol. The number of piperidine rings is 2. The Morgan fingerprint density at radius 2 is 2.17 bits per heavy atom. The second-order valence-electron chi connectivity index (χ2n) is 6.49. The van der Waals surface area contributed by atoms with E-state index in [-0.39, 0.29) is 11.3 Å². The number of nitrogens with zero attached hydrogens (tertiary/aromatic N) is 1. The molecule has 3 heterocycles. The molecule has 3 aliphatic heterocycles. The van der Waals surface area contributed by atoms with Gasteiger partial charge in [0.2, 0.25) is 5.91 Å². The van der Waals surface area contributed by atoms with E-state index in [1.165, 1.54) is 51.9 Å². The molecule has 0 aliphatic carbocycles. The summed E-state index contributed by atoms with van der Waals surface area (Å²) in [5.41, 5.74) is 0.266. The summed E-state index contributed by atoms with van der Waals surface area (Å²) in [4.78, 5) is 14.1. The highest BCUT2D eigenvalue weighted by Gasteiger charge is 2.41. The Bertz CT molecular complexity index is 314. The van der Waals surface area contributed by atoms with E-state index in [0.717, 1.165) is 25.4 Å². The summed E-state index contributed by atoms with van der Waals surface area (Å²) in [5, 5.41) is 6.46. The van der Waals surface area contributed by atoms with Crippen molar-refractivity contribution in [3.63, 3.8) is 0 Å². The molecule has 0 radical (unpaired) electrons. The van der Waals surface area contributed by atoms with Gasteiger partial charge in [-0.05, 0) is 51.2 Å². The van der Waals surface area contributed by atoms with E-state index in [1.807, 2.05) is 0 Å². The third-order valence-electron chi connectivity index (χ3n) is 4.91. The fraction of sp³-hybridized carbons (Fsp3) is 0.929. The van der Waals surface area contributed by atoms with Crippen molar-refractivity contribution in [2.45, 2.75) is 32.1 Å². The predicted octanol–water partition coefficient (Wildman–Crippen LogP) is 0.588. The molecule has 2 N–H and O–H groups in total. The van der Waals surface area contributed by atoms with Crippen molar-refractivity contribution in [3.05, 3.63) is 0 Å². The second kappa shape index (κ2) is 5.17. The SMILES string of the molecule is O=C1CC2(CCCN(CC3CCNCC3)C2)CN1. The Hall–Kier alpha value is -0.610. The summed E-state index contributed by atoms with van der Waals surface area (Å²) in [5.74, 6) is 1.13. The summed E-state index contributed by atoms with van der Waals surface area (Å²) < 4.78 is 0. The van der Waals surface area contributed by atoms with Gasteiger partial charge in [-0.3, -0.25) is 4.79 Å². The van der Waals surface area contributed by atoms with Gasteiger partial charge >= 0.3 is 0 Å². The van der Waals surface area contributed by atoms with Gasteiger partial charge in [-0.15, -0.1) is 0 Å². The van der Waals surface area contributed by atoms with Gasteiger partial charge in [-0.25, -0.2) is 0 Å². The first kappa shape index (κ1) is 12.4. The van der Waals surface area contributed by atoms with E-state index in [1.54, 1.807) is 0 Å². The van der Waals surface area contributed by atoms with Crippen LogP contribution in [0, 0.1) is 11.3 Å². The summed E-state index contributed by atoms with van der Waals surface area (Å²) in [6.07, 6.45) is 5.89. The number of hydrogen-bond donors (Lipinski definition) is 2. The zero-order chi connectivity index (χ0) is 12.4. The van der Waals surface area contributed by atoms with E-state index in [2.05, 4.69) is 15.5 Å². The molecule has 4 nitrogen and oxygen atoms in total. The highest BCUT2D eigenvalue weighted by Crippen LogP contribution is 2.36. The minimum absolute atomic E-state index is 0.263. The molecule has 0 aromatic heterocycles. The van der Waals surface area contributed by atoms with Crippen LogP contribution in [0.25, 0.3) is 0 Å². The lowest BCUT2D eigenvalue weighted by Gasteiger charge is -2.41. The zero-order valence-electron chi connectivity index (χ0n) is 11.2. The standard InChI is InChI=1S/C14H25N3O/c18-13-8-14(10-16-13)4-1-7-17(11-14)9-12-2-5-15-6-3-12/h12,15H,1-11H2,(H,16,18). The van der Waals surface area contributed by atoms with Crippen LogP contribution in [0.1, 0.15) is 32.1 Å². The summed E-state index contributed by atoms with van der Waals surface area (Å²) in [6, 6.07) is 0. The number of carbonyl (C=O) groups excluding carboxylic acids is 1. The van der Waals surface area contributed by atoms with Gasteiger partial charge in [0.05, 0.1) is 0 Å². The molecule has 1 unspecified atom stereocenters. The van der Waals surface area contributed by atoms with E-state index in [0.29, 0.717) is 0 Å². The molecule has 3 rings (SSSR count). The van der Waals surface area contributed by atoms with Crippen LogP contribution >= 0.6 is 0 Å². The number of hydrogen-bond acceptors (Lipinski definition) is 3. The Kier molecular flexibility index (Phi) is 3.57. The summed E-state index contributed by atoms with van der Waals surface area (Å²) in [6.45, 7) is 6.90. The second-order valence-corrected chi connectivity index (χ2v) is 6.49. The molecule has 3 saturated heterocycles. The predicted molar refractivity (Wildman–Crippen MR) is 71.3 cm³/mol. The molecule has 0 saturated carbocycles. The van der Waals surface area contributed by atoms with Crippen molar-refractivity contribution in [3.8, 4) is 0 Å². The Balaban J connectivity index is 1.55. The number of likely N-dealkylation sites (tertiary alicyclic amines) is 1. The van der Waals surface area contributed by atoms with Crippen LogP contribution in [0.15, 0.2) is 0 Å². The molecular formula is C14H25N3O. The minimum atomic E-state index is 0.263. The average Bonchev–Trinajstić information content (AvgIpc) is 2.72. The van der Waals surface area contributed by atoms with E-state index in [9.17, 15) is 4.79 Å². The quantitative estimate of drug-likeness (QED) is 0.755. The fourth-order valence-corrected chi connectivity index (χ4v) is 3.94. The maximum Gasteiger partial charge on any atom is 0.220 e. The first-order valence-electron chi connectivity index (χ1n) is 7.46. The van der Waals surface area contributed by atoms with Gasteiger partial charge in [0.1, 0.15) is 0 Å². The van der Waals surface area contributed by atoms with Crippen molar-refractivity contribution in [2.24, 2.45) is 11.3 Å². The maximum absolute atomic E-state index is 11.5. The number of nitrogens with one attached hydrogen (secondary N) is 2. The molecule has 3 aliphatic rings. The zero-order valence-corrected chi connectivity index (χ0v) is 11.2. The molecule has 4 heteroatoms. The van der Waals surface area contributed by atoms with Crippen molar-refractivity contribution < 1.29 is 4.79 Å². The first-order valence-corrected chi connectivity index (χ1v) is 7.46. The third-order valence-corrected chi connectivity index (χ3v) is 4.91. The lowest BCUT2D eigenvalue weighted by atomic mass is 9.78. The summed E-state index contributed by atoms with van der Waals surface area (Å²) >= 11 is 0. The molecule has 0 bridgehead atoms. The van der Waals surface area contributed by atoms with Crippen LogP contribution in [0.5, 0.6) is 0 Å². The van der Waals surface area contributed by atoms with Gasteiger partial charge in [0.25, 0.3) is 0 Å². The smallest absolute Gasteiger partial charge is 0.220 e. The number of carbonyl (C=O) groups is 1. The van der Waals surface area contributed by atoms with Gasteiger partial charge < -0.3 is 15.5 Å². The van der Waals surface area contributed by atoms with Crippen LogP contribution < -0.4 is 10.6 Å². The maximum atomic E-state index is 11.5. The molecule has 102 valence electrons. The van der Waals surface area contributed by atoms with Crippen molar-refractivity contribution in [2.75, 3.05) is 39.3 Å². The van der Waals surface area contributed by atoms with Crippen LogP contribution in [-0.4, -0.2) is 50.1 Å². The molecule has 0 aromatic carbocycles. The van der Waals surface area contributed by atoms with E-state index < -0.39 is 0 Å². The lowest BCUT2D eigenvalue weighted by Crippen LogP contribution is -2.47. The Morgan fingerprint density at radius 3 is 2.89 bits per heavy atom. The highest BCUT2D eigenvalue weighted by atomic mass is 16.1. The summed E-state index contributed by atoms with van der Waals surface area (Å²) in [7, 11) is 0. The number of rotatable bonds is 2.